The van der Waals surface area contributed by atoms with Crippen LogP contribution in [0.4, 0.5) is 13.2 Å². The Morgan fingerprint density at radius 1 is 0.955 bits per heavy atom. The van der Waals surface area contributed by atoms with E-state index in [9.17, 15) is 32.3 Å². The largest absolute Gasteiger partial charge is 0.411 e. The SMILES string of the molecule is CC(C)[C@@H]1NC(=O)[C@H](C)C(OCC(F)(F)F)CC/C=C/c2cccc(c2)[C@@H](C)NC(=O)[C@@H]2CCCN(N2)C(=O)[C@@H](C)NC1=O. The lowest BCUT2D eigenvalue weighted by Crippen LogP contribution is -2.62. The molecule has 3 rings (SSSR count). The van der Waals surface area contributed by atoms with E-state index in [4.69, 9.17) is 4.74 Å². The van der Waals surface area contributed by atoms with E-state index in [1.807, 2.05) is 37.3 Å². The number of hydrogen-bond donors (Lipinski definition) is 4. The lowest BCUT2D eigenvalue weighted by molar-refractivity contribution is -0.191. The van der Waals surface area contributed by atoms with Gasteiger partial charge in [-0.2, -0.15) is 13.2 Å². The minimum absolute atomic E-state index is 0.127. The Kier molecular flexibility index (Phi) is 12.4. The van der Waals surface area contributed by atoms with E-state index < -0.39 is 66.6 Å². The molecule has 6 atom stereocenters. The van der Waals surface area contributed by atoms with Gasteiger partial charge in [-0.25, -0.2) is 5.43 Å². The maximum atomic E-state index is 13.2. The number of allylic oxidation sites excluding steroid dienone is 1. The van der Waals surface area contributed by atoms with Crippen LogP contribution in [-0.2, 0) is 23.9 Å². The van der Waals surface area contributed by atoms with Crippen molar-refractivity contribution in [3.05, 3.63) is 41.5 Å². The average Bonchev–Trinajstić information content (AvgIpc) is 2.97. The van der Waals surface area contributed by atoms with Crippen LogP contribution in [0.2, 0.25) is 0 Å². The molecule has 2 aliphatic rings. The Hall–Kier alpha value is -3.45. The van der Waals surface area contributed by atoms with Crippen LogP contribution in [-0.4, -0.2) is 72.2 Å². The summed E-state index contributed by atoms with van der Waals surface area (Å²) in [7, 11) is 0. The quantitative estimate of drug-likeness (QED) is 0.409. The summed E-state index contributed by atoms with van der Waals surface area (Å²) in [5.74, 6) is -3.36. The molecule has 1 unspecified atom stereocenters. The Balaban J connectivity index is 1.90. The Labute approximate surface area is 256 Å². The van der Waals surface area contributed by atoms with E-state index in [2.05, 4.69) is 21.4 Å². The molecule has 4 bridgehead atoms. The minimum atomic E-state index is -4.58. The van der Waals surface area contributed by atoms with Crippen LogP contribution in [0.5, 0.6) is 0 Å². The molecule has 0 saturated carbocycles. The van der Waals surface area contributed by atoms with E-state index in [0.29, 0.717) is 25.8 Å². The monoisotopic (exact) mass is 623 g/mol. The normalized spacial score (nSPS) is 29.2. The van der Waals surface area contributed by atoms with Crippen LogP contribution < -0.4 is 21.4 Å². The van der Waals surface area contributed by atoms with Crippen LogP contribution in [0.3, 0.4) is 0 Å². The number of rotatable bonds is 3. The van der Waals surface area contributed by atoms with Gasteiger partial charge in [0, 0.05) is 6.54 Å². The molecule has 10 nitrogen and oxygen atoms in total. The predicted octanol–water partition coefficient (Wildman–Crippen LogP) is 3.40. The van der Waals surface area contributed by atoms with E-state index in [1.165, 1.54) is 18.9 Å². The summed E-state index contributed by atoms with van der Waals surface area (Å²) < 4.78 is 44.3. The second kappa shape index (κ2) is 15.5. The highest BCUT2D eigenvalue weighted by atomic mass is 19.4. The highest BCUT2D eigenvalue weighted by Crippen LogP contribution is 2.22. The molecule has 1 aromatic rings. The highest BCUT2D eigenvalue weighted by molar-refractivity contribution is 5.92. The number of amides is 4. The Morgan fingerprint density at radius 3 is 2.34 bits per heavy atom. The molecule has 0 aromatic heterocycles. The second-order valence-corrected chi connectivity index (χ2v) is 11.9. The Bertz CT molecular complexity index is 1210. The fraction of sp³-hybridized carbons (Fsp3) is 0.613. The lowest BCUT2D eigenvalue weighted by atomic mass is 9.96. The molecule has 0 spiro atoms. The summed E-state index contributed by atoms with van der Waals surface area (Å²) in [5.41, 5.74) is 4.66. The van der Waals surface area contributed by atoms with E-state index >= 15 is 0 Å². The smallest absolute Gasteiger partial charge is 0.368 e. The van der Waals surface area contributed by atoms with Crippen molar-refractivity contribution in [2.24, 2.45) is 11.8 Å². The molecule has 2 heterocycles. The van der Waals surface area contributed by atoms with Gasteiger partial charge >= 0.3 is 6.18 Å². The van der Waals surface area contributed by atoms with Gasteiger partial charge in [-0.05, 0) is 62.6 Å². The maximum absolute atomic E-state index is 13.2. The van der Waals surface area contributed by atoms with Gasteiger partial charge < -0.3 is 20.7 Å². The number of nitrogens with zero attached hydrogens (tertiary/aromatic N) is 1. The van der Waals surface area contributed by atoms with Crippen LogP contribution in [0.1, 0.15) is 77.5 Å². The maximum Gasteiger partial charge on any atom is 0.411 e. The first-order chi connectivity index (χ1) is 20.7. The summed E-state index contributed by atoms with van der Waals surface area (Å²) in [6.07, 6.45) is -0.475. The van der Waals surface area contributed by atoms with Crippen molar-refractivity contribution in [2.75, 3.05) is 13.2 Å². The predicted molar refractivity (Wildman–Crippen MR) is 158 cm³/mol. The number of alkyl halides is 3. The fourth-order valence-electron chi connectivity index (χ4n) is 5.21. The molecule has 4 amide bonds. The number of hydrogen-bond acceptors (Lipinski definition) is 6. The van der Waals surface area contributed by atoms with Crippen LogP contribution in [0.25, 0.3) is 6.08 Å². The zero-order chi connectivity index (χ0) is 32.6. The average molecular weight is 624 g/mol. The number of benzene rings is 1. The lowest BCUT2D eigenvalue weighted by Gasteiger charge is -2.35. The third kappa shape index (κ3) is 10.0. The molecular weight excluding hydrogens is 579 g/mol. The van der Waals surface area contributed by atoms with Crippen molar-refractivity contribution < 1.29 is 37.1 Å². The van der Waals surface area contributed by atoms with Crippen molar-refractivity contribution in [3.8, 4) is 0 Å². The zero-order valence-electron chi connectivity index (χ0n) is 25.9. The van der Waals surface area contributed by atoms with Gasteiger partial charge in [0.25, 0.3) is 5.91 Å². The van der Waals surface area contributed by atoms with Gasteiger partial charge in [-0.3, -0.25) is 24.2 Å². The van der Waals surface area contributed by atoms with Crippen molar-refractivity contribution in [1.29, 1.82) is 0 Å². The van der Waals surface area contributed by atoms with Gasteiger partial charge in [0.05, 0.1) is 18.1 Å². The van der Waals surface area contributed by atoms with E-state index in [1.54, 1.807) is 19.9 Å². The topological polar surface area (TPSA) is 129 Å². The number of carbonyl (C=O) groups is 4. The molecule has 0 radical (unpaired) electrons. The molecule has 1 fully saturated rings. The first-order valence-electron chi connectivity index (χ1n) is 15.1. The Morgan fingerprint density at radius 2 is 1.66 bits per heavy atom. The van der Waals surface area contributed by atoms with Crippen molar-refractivity contribution in [1.82, 2.24) is 26.4 Å². The third-order valence-electron chi connectivity index (χ3n) is 7.87. The van der Waals surface area contributed by atoms with Gasteiger partial charge in [0.15, 0.2) is 0 Å². The first kappa shape index (κ1) is 35.0. The molecule has 1 aromatic carbocycles. The molecular formula is C31H44F3N5O5. The summed E-state index contributed by atoms with van der Waals surface area (Å²) >= 11 is 0. The first-order valence-corrected chi connectivity index (χ1v) is 15.1. The van der Waals surface area contributed by atoms with Crippen molar-refractivity contribution in [3.63, 3.8) is 0 Å². The third-order valence-corrected chi connectivity index (χ3v) is 7.87. The molecule has 2 aliphatic heterocycles. The molecule has 244 valence electrons. The highest BCUT2D eigenvalue weighted by Gasteiger charge is 2.36. The molecule has 44 heavy (non-hydrogen) atoms. The molecule has 1 saturated heterocycles. The summed E-state index contributed by atoms with van der Waals surface area (Å²) in [4.78, 5) is 52.8. The number of carbonyl (C=O) groups excluding carboxylic acids is 4. The standard InChI is InChI=1S/C31H44F3N5O5/c1-18(2)26-29(42)36-21(5)30(43)39-15-9-13-24(38-39)28(41)35-20(4)23-12-8-11-22(16-23)10-6-7-14-25(19(3)27(40)37-26)44-17-31(32,33)34/h6,8,10-12,16,18-21,24-26,38H,7,9,13-15,17H2,1-5H3,(H,35,41)(H,36,42)(H,37,40)/b10-6+/t19-,20-,21-,24+,25?,26+/m1/s1. The van der Waals surface area contributed by atoms with E-state index in [0.717, 1.165) is 11.1 Å². The molecule has 0 aliphatic carbocycles. The van der Waals surface area contributed by atoms with Crippen LogP contribution >= 0.6 is 0 Å². The molecule has 4 N–H and O–H groups in total. The number of halogens is 3. The van der Waals surface area contributed by atoms with E-state index in [-0.39, 0.29) is 18.4 Å². The molecule has 13 heteroatoms. The number of fused-ring (bicyclic) bond motifs is 4. The number of nitrogens with one attached hydrogen (secondary N) is 4. The van der Waals surface area contributed by atoms with Crippen LogP contribution in [0.15, 0.2) is 30.3 Å². The van der Waals surface area contributed by atoms with Gasteiger partial charge in [-0.1, -0.05) is 51.1 Å². The fourth-order valence-corrected chi connectivity index (χ4v) is 5.21. The number of ether oxygens (including phenoxy) is 1. The second-order valence-electron chi connectivity index (χ2n) is 11.9. The van der Waals surface area contributed by atoms with Gasteiger partial charge in [0.1, 0.15) is 24.7 Å². The zero-order valence-corrected chi connectivity index (χ0v) is 25.9. The summed E-state index contributed by atoms with van der Waals surface area (Å²) in [6.45, 7) is 7.08. The minimum Gasteiger partial charge on any atom is -0.368 e. The van der Waals surface area contributed by atoms with Crippen molar-refractivity contribution >= 4 is 29.7 Å². The van der Waals surface area contributed by atoms with Gasteiger partial charge in [-0.15, -0.1) is 0 Å². The van der Waals surface area contributed by atoms with Gasteiger partial charge in [0.2, 0.25) is 17.7 Å². The van der Waals surface area contributed by atoms with Crippen LogP contribution in [0, 0.1) is 11.8 Å². The van der Waals surface area contributed by atoms with Crippen molar-refractivity contribution in [2.45, 2.75) is 96.7 Å². The summed E-state index contributed by atoms with van der Waals surface area (Å²) in [5, 5.41) is 9.61. The number of hydrazine groups is 1. The summed E-state index contributed by atoms with van der Waals surface area (Å²) in [6, 6.07) is 4.47.